The smallest absolute Gasteiger partial charge is 0.293 e. The van der Waals surface area contributed by atoms with Gasteiger partial charge in [-0.1, -0.05) is 5.92 Å². The van der Waals surface area contributed by atoms with E-state index in [-0.39, 0.29) is 5.56 Å². The molecule has 0 aliphatic carbocycles. The summed E-state index contributed by atoms with van der Waals surface area (Å²) in [4.78, 5) is 10.3. The first-order valence-electron chi connectivity index (χ1n) is 3.64. The first-order valence-corrected chi connectivity index (χ1v) is 3.64. The van der Waals surface area contributed by atoms with Crippen molar-refractivity contribution in [3.05, 3.63) is 35.1 Å². The number of rotatable bonds is 0. The number of nitrogens with two attached hydrogens (primary N) is 1. The summed E-state index contributed by atoms with van der Waals surface area (Å²) in [6.07, 6.45) is 0. The van der Waals surface area contributed by atoms with Gasteiger partial charge in [0.05, 0.1) is 5.56 Å². The Morgan fingerprint density at radius 1 is 1.50 bits per heavy atom. The fourth-order valence-corrected chi connectivity index (χ4v) is 0.817. The second-order valence-corrected chi connectivity index (χ2v) is 2.42. The number of benzene rings is 1. The molecule has 68 valence electrons. The lowest BCUT2D eigenvalue weighted by Gasteiger charge is -1.92. The monoisotopic (exact) mass is 188 g/mol. The van der Waals surface area contributed by atoms with Crippen LogP contribution < -0.4 is 5.73 Å². The van der Waals surface area contributed by atoms with Crippen LogP contribution in [0.25, 0.3) is 0 Å². The van der Waals surface area contributed by atoms with Crippen LogP contribution in [0.1, 0.15) is 11.1 Å². The predicted octanol–water partition coefficient (Wildman–Crippen LogP) is 0.534. The Morgan fingerprint density at radius 3 is 2.71 bits per heavy atom. The lowest BCUT2D eigenvalue weighted by atomic mass is 10.1. The Bertz CT molecular complexity index is 477. The molecule has 0 spiro atoms. The van der Waals surface area contributed by atoms with Gasteiger partial charge in [0.15, 0.2) is 0 Å². The number of amides is 1. The van der Waals surface area contributed by atoms with E-state index in [4.69, 9.17) is 11.0 Å². The molecule has 1 aromatic rings. The third kappa shape index (κ3) is 2.33. The molecule has 2 N–H and O–H groups in total. The molecule has 0 heterocycles. The van der Waals surface area contributed by atoms with Gasteiger partial charge in [-0.2, -0.15) is 5.26 Å². The summed E-state index contributed by atoms with van der Waals surface area (Å²) in [7, 11) is 0. The minimum atomic E-state index is -0.783. The van der Waals surface area contributed by atoms with Gasteiger partial charge in [-0.05, 0) is 24.1 Å². The van der Waals surface area contributed by atoms with Crippen LogP contribution in [0.3, 0.4) is 0 Å². The van der Waals surface area contributed by atoms with Crippen LogP contribution in [0.2, 0.25) is 0 Å². The maximum absolute atomic E-state index is 13.0. The minimum Gasteiger partial charge on any atom is -0.359 e. The third-order valence-corrected chi connectivity index (χ3v) is 1.42. The maximum atomic E-state index is 13.0. The number of hydrogen-bond donors (Lipinski definition) is 1. The van der Waals surface area contributed by atoms with E-state index in [0.29, 0.717) is 5.56 Å². The van der Waals surface area contributed by atoms with Crippen molar-refractivity contribution in [1.29, 1.82) is 5.26 Å². The fraction of sp³-hybridized carbons (Fsp3) is 0. The number of carbonyl (C=O) groups is 1. The normalized spacial score (nSPS) is 8.29. The maximum Gasteiger partial charge on any atom is 0.293 e. The average Bonchev–Trinajstić information content (AvgIpc) is 2.15. The van der Waals surface area contributed by atoms with Gasteiger partial charge in [-0.15, -0.1) is 0 Å². The molecule has 0 saturated heterocycles. The first kappa shape index (κ1) is 9.76. The van der Waals surface area contributed by atoms with Crippen molar-refractivity contribution in [2.45, 2.75) is 0 Å². The van der Waals surface area contributed by atoms with Gasteiger partial charge in [0.1, 0.15) is 11.9 Å². The summed E-state index contributed by atoms with van der Waals surface area (Å²) < 4.78 is 13.0. The van der Waals surface area contributed by atoms with Crippen LogP contribution in [-0.2, 0) is 4.79 Å². The van der Waals surface area contributed by atoms with Gasteiger partial charge in [-0.25, -0.2) is 4.39 Å². The van der Waals surface area contributed by atoms with Crippen LogP contribution in [0.4, 0.5) is 4.39 Å². The van der Waals surface area contributed by atoms with Crippen molar-refractivity contribution < 1.29 is 9.18 Å². The molecular formula is C10H5FN2O. The number of hydrogen-bond acceptors (Lipinski definition) is 2. The largest absolute Gasteiger partial charge is 0.359 e. The van der Waals surface area contributed by atoms with Gasteiger partial charge in [0, 0.05) is 5.56 Å². The Hall–Kier alpha value is -2.33. The zero-order valence-electron chi connectivity index (χ0n) is 7.04. The molecule has 0 atom stereocenters. The van der Waals surface area contributed by atoms with E-state index in [2.05, 4.69) is 11.8 Å². The molecule has 0 fully saturated rings. The number of primary amides is 1. The molecule has 3 nitrogen and oxygen atoms in total. The van der Waals surface area contributed by atoms with E-state index in [0.717, 1.165) is 6.07 Å². The standard InChI is InChI=1S/C10H5FN2O/c11-9-5-7(2-4-10(13)14)1-3-8(9)6-12/h1,3,5H,(H2,13,14). The van der Waals surface area contributed by atoms with E-state index < -0.39 is 11.7 Å². The minimum absolute atomic E-state index is 0.0605. The van der Waals surface area contributed by atoms with Gasteiger partial charge in [0.2, 0.25) is 0 Å². The van der Waals surface area contributed by atoms with Crippen molar-refractivity contribution in [3.8, 4) is 17.9 Å². The molecule has 1 amide bonds. The lowest BCUT2D eigenvalue weighted by Crippen LogP contribution is -2.06. The van der Waals surface area contributed by atoms with Crippen molar-refractivity contribution in [3.63, 3.8) is 0 Å². The first-order chi connectivity index (χ1) is 6.63. The average molecular weight is 188 g/mol. The Balaban J connectivity index is 3.07. The Morgan fingerprint density at radius 2 is 2.21 bits per heavy atom. The quantitative estimate of drug-likeness (QED) is 0.603. The van der Waals surface area contributed by atoms with Crippen LogP contribution in [0, 0.1) is 29.0 Å². The zero-order valence-corrected chi connectivity index (χ0v) is 7.04. The van der Waals surface area contributed by atoms with Crippen LogP contribution in [0.5, 0.6) is 0 Å². The van der Waals surface area contributed by atoms with Gasteiger partial charge < -0.3 is 5.73 Å². The summed E-state index contributed by atoms with van der Waals surface area (Å²) >= 11 is 0. The van der Waals surface area contributed by atoms with Crippen LogP contribution in [0.15, 0.2) is 18.2 Å². The van der Waals surface area contributed by atoms with E-state index in [1.165, 1.54) is 12.1 Å². The second kappa shape index (κ2) is 4.06. The number of nitrogens with zero attached hydrogens (tertiary/aromatic N) is 1. The molecular weight excluding hydrogens is 183 g/mol. The van der Waals surface area contributed by atoms with Crippen molar-refractivity contribution in [2.24, 2.45) is 5.73 Å². The fourth-order valence-electron chi connectivity index (χ4n) is 0.817. The molecule has 0 aliphatic heterocycles. The van der Waals surface area contributed by atoms with E-state index in [1.807, 2.05) is 0 Å². The van der Waals surface area contributed by atoms with Crippen LogP contribution >= 0.6 is 0 Å². The van der Waals surface area contributed by atoms with Crippen LogP contribution in [-0.4, -0.2) is 5.91 Å². The van der Waals surface area contributed by atoms with E-state index in [1.54, 1.807) is 6.07 Å². The zero-order chi connectivity index (χ0) is 10.6. The topological polar surface area (TPSA) is 66.9 Å². The SMILES string of the molecule is N#Cc1ccc(C#CC(N)=O)cc1F. The highest BCUT2D eigenvalue weighted by atomic mass is 19.1. The molecule has 0 bridgehead atoms. The van der Waals surface area contributed by atoms with Gasteiger partial charge >= 0.3 is 0 Å². The molecule has 0 unspecified atom stereocenters. The molecule has 1 aromatic carbocycles. The Labute approximate surface area is 79.9 Å². The number of carbonyl (C=O) groups excluding carboxylic acids is 1. The van der Waals surface area contributed by atoms with E-state index >= 15 is 0 Å². The highest BCUT2D eigenvalue weighted by Crippen LogP contribution is 2.07. The Kier molecular flexibility index (Phi) is 2.83. The predicted molar refractivity (Wildman–Crippen MR) is 47.2 cm³/mol. The molecule has 4 heteroatoms. The number of nitriles is 1. The highest BCUT2D eigenvalue weighted by molar-refractivity contribution is 5.92. The molecule has 0 saturated carbocycles. The van der Waals surface area contributed by atoms with Gasteiger partial charge in [-0.3, -0.25) is 4.79 Å². The molecule has 0 aromatic heterocycles. The third-order valence-electron chi connectivity index (χ3n) is 1.42. The number of halogens is 1. The summed E-state index contributed by atoms with van der Waals surface area (Å²) in [5.74, 6) is 2.98. The van der Waals surface area contributed by atoms with Crippen molar-refractivity contribution >= 4 is 5.91 Å². The van der Waals surface area contributed by atoms with Gasteiger partial charge in [0.25, 0.3) is 5.91 Å². The van der Waals surface area contributed by atoms with E-state index in [9.17, 15) is 9.18 Å². The molecule has 1 rings (SSSR count). The molecule has 0 aliphatic rings. The summed E-state index contributed by atoms with van der Waals surface area (Å²) in [5, 5.41) is 8.43. The summed E-state index contributed by atoms with van der Waals surface area (Å²) in [6, 6.07) is 5.48. The summed E-state index contributed by atoms with van der Waals surface area (Å²) in [5.41, 5.74) is 5.02. The molecule has 0 radical (unpaired) electrons. The van der Waals surface area contributed by atoms with Crippen molar-refractivity contribution in [1.82, 2.24) is 0 Å². The lowest BCUT2D eigenvalue weighted by molar-refractivity contribution is -0.112. The summed E-state index contributed by atoms with van der Waals surface area (Å²) in [6.45, 7) is 0. The van der Waals surface area contributed by atoms with Crippen molar-refractivity contribution in [2.75, 3.05) is 0 Å². The second-order valence-electron chi connectivity index (χ2n) is 2.42. The molecule has 14 heavy (non-hydrogen) atoms. The highest BCUT2D eigenvalue weighted by Gasteiger charge is 2.00.